The summed E-state index contributed by atoms with van der Waals surface area (Å²) in [5.41, 5.74) is 5.86. The summed E-state index contributed by atoms with van der Waals surface area (Å²) in [5, 5.41) is 1.18. The van der Waals surface area contributed by atoms with E-state index >= 15 is 0 Å². The van der Waals surface area contributed by atoms with Crippen molar-refractivity contribution < 1.29 is 0 Å². The molecule has 0 fully saturated rings. The molecule has 1 nitrogen and oxygen atoms in total. The zero-order chi connectivity index (χ0) is 13.2. The number of pyridine rings is 1. The lowest BCUT2D eigenvalue weighted by Gasteiger charge is -2.07. The maximum Gasteiger partial charge on any atom is 0.0731 e. The van der Waals surface area contributed by atoms with Crippen molar-refractivity contribution in [1.82, 2.24) is 4.98 Å². The van der Waals surface area contributed by atoms with E-state index in [1.54, 1.807) is 0 Å². The van der Waals surface area contributed by atoms with Gasteiger partial charge in [0.1, 0.15) is 0 Å². The van der Waals surface area contributed by atoms with Gasteiger partial charge in [-0.05, 0) is 53.4 Å². The molecular weight excluding hydrogens is 230 g/mol. The van der Waals surface area contributed by atoms with Crippen LogP contribution in [0.4, 0.5) is 0 Å². The van der Waals surface area contributed by atoms with Crippen LogP contribution in [-0.4, -0.2) is 4.98 Å². The van der Waals surface area contributed by atoms with Crippen molar-refractivity contribution in [2.24, 2.45) is 0 Å². The van der Waals surface area contributed by atoms with Crippen molar-refractivity contribution in [3.63, 3.8) is 0 Å². The fraction of sp³-hybridized carbons (Fsp3) is 0.0556. The third-order valence-corrected chi connectivity index (χ3v) is 3.35. The molecule has 0 radical (unpaired) electrons. The van der Waals surface area contributed by atoms with Crippen LogP contribution in [0.1, 0.15) is 11.1 Å². The van der Waals surface area contributed by atoms with Gasteiger partial charge in [0, 0.05) is 11.6 Å². The van der Waals surface area contributed by atoms with Gasteiger partial charge in [-0.15, -0.1) is 0 Å². The number of benzene rings is 2. The highest BCUT2D eigenvalue weighted by atomic mass is 14.6. The highest BCUT2D eigenvalue weighted by Crippen LogP contribution is 2.27. The first-order valence-corrected chi connectivity index (χ1v) is 6.36. The minimum Gasteiger partial charge on any atom is -0.256 e. The van der Waals surface area contributed by atoms with E-state index in [9.17, 15) is 0 Å². The Bertz CT molecular complexity index is 756. The summed E-state index contributed by atoms with van der Waals surface area (Å²) in [6, 6.07) is 16.9. The fourth-order valence-electron chi connectivity index (χ4n) is 2.39. The van der Waals surface area contributed by atoms with Gasteiger partial charge in [-0.25, -0.2) is 0 Å². The molecule has 0 amide bonds. The molecule has 0 saturated carbocycles. The largest absolute Gasteiger partial charge is 0.256 e. The number of aromatic nitrogens is 1. The number of hydrogen-bond donors (Lipinski definition) is 0. The van der Waals surface area contributed by atoms with E-state index in [2.05, 4.69) is 61.0 Å². The summed E-state index contributed by atoms with van der Waals surface area (Å²) >= 11 is 0. The van der Waals surface area contributed by atoms with Gasteiger partial charge in [0.25, 0.3) is 0 Å². The zero-order valence-corrected chi connectivity index (χ0v) is 10.9. The first-order chi connectivity index (χ1) is 9.28. The minimum atomic E-state index is 1.08. The van der Waals surface area contributed by atoms with Crippen molar-refractivity contribution in [1.29, 1.82) is 0 Å². The topological polar surface area (TPSA) is 12.9 Å². The molecule has 0 aliphatic rings. The van der Waals surface area contributed by atoms with Crippen LogP contribution in [0.5, 0.6) is 0 Å². The first kappa shape index (κ1) is 11.7. The highest BCUT2D eigenvalue weighted by Gasteiger charge is 2.04. The Balaban J connectivity index is 2.22. The fourth-order valence-corrected chi connectivity index (χ4v) is 2.39. The second-order valence-electron chi connectivity index (χ2n) is 4.70. The summed E-state index contributed by atoms with van der Waals surface area (Å²) < 4.78 is 0. The zero-order valence-electron chi connectivity index (χ0n) is 10.9. The van der Waals surface area contributed by atoms with Gasteiger partial charge in [0.05, 0.1) is 5.52 Å². The normalized spacial score (nSPS) is 10.6. The molecule has 0 saturated heterocycles. The molecule has 3 aromatic rings. The summed E-state index contributed by atoms with van der Waals surface area (Å²) in [5.74, 6) is 0. The molecule has 92 valence electrons. The second kappa shape index (κ2) is 4.69. The lowest BCUT2D eigenvalue weighted by atomic mass is 9.99. The molecule has 0 N–H and O–H groups in total. The molecule has 19 heavy (non-hydrogen) atoms. The van der Waals surface area contributed by atoms with Crippen molar-refractivity contribution >= 4 is 17.0 Å². The number of nitrogens with zero attached hydrogens (tertiary/aromatic N) is 1. The van der Waals surface area contributed by atoms with E-state index in [0.717, 1.165) is 11.1 Å². The quantitative estimate of drug-likeness (QED) is 0.628. The third-order valence-electron chi connectivity index (χ3n) is 3.35. The van der Waals surface area contributed by atoms with Crippen molar-refractivity contribution in [3.8, 4) is 11.1 Å². The molecule has 2 aromatic carbocycles. The minimum absolute atomic E-state index is 1.08. The van der Waals surface area contributed by atoms with E-state index in [1.165, 1.54) is 22.1 Å². The molecule has 0 atom stereocenters. The number of aryl methyl sites for hydroxylation is 1. The average Bonchev–Trinajstić information content (AvgIpc) is 2.47. The Labute approximate surface area is 113 Å². The molecule has 0 aliphatic carbocycles. The molecule has 3 rings (SSSR count). The van der Waals surface area contributed by atoms with Crippen LogP contribution in [0, 0.1) is 6.92 Å². The van der Waals surface area contributed by atoms with Crippen LogP contribution in [0.25, 0.3) is 28.1 Å². The first-order valence-electron chi connectivity index (χ1n) is 6.36. The summed E-state index contributed by atoms with van der Waals surface area (Å²) in [6.45, 7) is 5.93. The molecule has 1 aromatic heterocycles. The molecule has 0 bridgehead atoms. The van der Waals surface area contributed by atoms with Crippen molar-refractivity contribution in [3.05, 3.63) is 72.4 Å². The van der Waals surface area contributed by atoms with Gasteiger partial charge in [0.15, 0.2) is 0 Å². The number of rotatable bonds is 2. The standard InChI is InChI=1S/C18H15N/c1-3-14-6-4-7-15(11-14)17-10-13(2)18-16(12-17)8-5-9-19-18/h3-12H,1H2,2H3. The van der Waals surface area contributed by atoms with Gasteiger partial charge in [-0.1, -0.05) is 36.9 Å². The van der Waals surface area contributed by atoms with Crippen LogP contribution >= 0.6 is 0 Å². The molecule has 0 unspecified atom stereocenters. The maximum atomic E-state index is 4.43. The molecule has 1 heteroatoms. The molecule has 0 aliphatic heterocycles. The maximum absolute atomic E-state index is 4.43. The van der Waals surface area contributed by atoms with Crippen LogP contribution in [-0.2, 0) is 0 Å². The van der Waals surface area contributed by atoms with Gasteiger partial charge in [-0.2, -0.15) is 0 Å². The van der Waals surface area contributed by atoms with Crippen molar-refractivity contribution in [2.75, 3.05) is 0 Å². The Hall–Kier alpha value is -2.41. The molecule has 0 spiro atoms. The van der Waals surface area contributed by atoms with Crippen LogP contribution < -0.4 is 0 Å². The third kappa shape index (κ3) is 2.15. The summed E-state index contributed by atoms with van der Waals surface area (Å²) in [4.78, 5) is 4.43. The van der Waals surface area contributed by atoms with Crippen LogP contribution in [0.3, 0.4) is 0 Å². The van der Waals surface area contributed by atoms with E-state index in [1.807, 2.05) is 18.3 Å². The Morgan fingerprint density at radius 3 is 2.74 bits per heavy atom. The number of hydrogen-bond acceptors (Lipinski definition) is 1. The van der Waals surface area contributed by atoms with Gasteiger partial charge < -0.3 is 0 Å². The van der Waals surface area contributed by atoms with E-state index in [0.29, 0.717) is 0 Å². The monoisotopic (exact) mass is 245 g/mol. The predicted molar refractivity (Wildman–Crippen MR) is 82.0 cm³/mol. The van der Waals surface area contributed by atoms with Gasteiger partial charge in [-0.3, -0.25) is 4.98 Å². The van der Waals surface area contributed by atoms with Gasteiger partial charge >= 0.3 is 0 Å². The van der Waals surface area contributed by atoms with Crippen LogP contribution in [0.15, 0.2) is 61.3 Å². The van der Waals surface area contributed by atoms with E-state index in [-0.39, 0.29) is 0 Å². The Morgan fingerprint density at radius 2 is 1.89 bits per heavy atom. The van der Waals surface area contributed by atoms with E-state index in [4.69, 9.17) is 0 Å². The van der Waals surface area contributed by atoms with E-state index < -0.39 is 0 Å². The summed E-state index contributed by atoms with van der Waals surface area (Å²) in [6.07, 6.45) is 3.71. The van der Waals surface area contributed by atoms with Crippen LogP contribution in [0.2, 0.25) is 0 Å². The Morgan fingerprint density at radius 1 is 1.00 bits per heavy atom. The van der Waals surface area contributed by atoms with Crippen molar-refractivity contribution in [2.45, 2.75) is 6.92 Å². The molecule has 1 heterocycles. The number of fused-ring (bicyclic) bond motifs is 1. The lowest BCUT2D eigenvalue weighted by Crippen LogP contribution is -1.86. The average molecular weight is 245 g/mol. The highest BCUT2D eigenvalue weighted by molar-refractivity contribution is 5.87. The SMILES string of the molecule is C=Cc1cccc(-c2cc(C)c3ncccc3c2)c1. The van der Waals surface area contributed by atoms with Gasteiger partial charge in [0.2, 0.25) is 0 Å². The Kier molecular flexibility index (Phi) is 2.88. The lowest BCUT2D eigenvalue weighted by molar-refractivity contribution is 1.37. The summed E-state index contributed by atoms with van der Waals surface area (Å²) in [7, 11) is 0. The predicted octanol–water partition coefficient (Wildman–Crippen LogP) is 4.85. The second-order valence-corrected chi connectivity index (χ2v) is 4.70. The smallest absolute Gasteiger partial charge is 0.0731 e. The molecular formula is C18H15N.